The number of aromatic nitrogens is 2. The number of pyridine rings is 2. The monoisotopic (exact) mass is 249 g/mol. The van der Waals surface area contributed by atoms with Crippen molar-refractivity contribution in [3.05, 3.63) is 66.7 Å². The minimum atomic E-state index is 0.238. The lowest BCUT2D eigenvalue weighted by Crippen LogP contribution is -2.06. The van der Waals surface area contributed by atoms with E-state index in [2.05, 4.69) is 34.3 Å². The Morgan fingerprint density at radius 1 is 0.947 bits per heavy atom. The van der Waals surface area contributed by atoms with Crippen LogP contribution in [0.25, 0.3) is 10.8 Å². The van der Waals surface area contributed by atoms with E-state index in [9.17, 15) is 0 Å². The highest BCUT2D eigenvalue weighted by molar-refractivity contribution is 5.93. The van der Waals surface area contributed by atoms with E-state index in [-0.39, 0.29) is 6.04 Å². The molecule has 1 unspecified atom stereocenters. The van der Waals surface area contributed by atoms with Gasteiger partial charge in [-0.3, -0.25) is 9.97 Å². The second-order valence-electron chi connectivity index (χ2n) is 4.55. The molecule has 3 rings (SSSR count). The summed E-state index contributed by atoms with van der Waals surface area (Å²) in [5, 5.41) is 5.89. The van der Waals surface area contributed by atoms with Gasteiger partial charge in [-0.05, 0) is 36.8 Å². The summed E-state index contributed by atoms with van der Waals surface area (Å²) in [5.41, 5.74) is 2.35. The van der Waals surface area contributed by atoms with Gasteiger partial charge in [0.25, 0.3) is 0 Å². The number of anilines is 1. The third-order valence-electron chi connectivity index (χ3n) is 3.26. The van der Waals surface area contributed by atoms with E-state index >= 15 is 0 Å². The van der Waals surface area contributed by atoms with Crippen molar-refractivity contribution in [3.8, 4) is 0 Å². The van der Waals surface area contributed by atoms with Crippen molar-refractivity contribution >= 4 is 16.5 Å². The number of benzene rings is 1. The van der Waals surface area contributed by atoms with E-state index in [1.165, 1.54) is 10.9 Å². The van der Waals surface area contributed by atoms with E-state index in [4.69, 9.17) is 0 Å². The van der Waals surface area contributed by atoms with Crippen LogP contribution in [0.3, 0.4) is 0 Å². The van der Waals surface area contributed by atoms with Gasteiger partial charge in [0.1, 0.15) is 0 Å². The van der Waals surface area contributed by atoms with Crippen LogP contribution in [0.1, 0.15) is 18.5 Å². The Balaban J connectivity index is 1.94. The van der Waals surface area contributed by atoms with E-state index in [0.29, 0.717) is 0 Å². The van der Waals surface area contributed by atoms with Crippen molar-refractivity contribution in [2.24, 2.45) is 0 Å². The van der Waals surface area contributed by atoms with Gasteiger partial charge in [0.15, 0.2) is 0 Å². The molecule has 0 radical (unpaired) electrons. The zero-order chi connectivity index (χ0) is 13.1. The average molecular weight is 249 g/mol. The maximum Gasteiger partial charge on any atom is 0.0486 e. The minimum Gasteiger partial charge on any atom is -0.378 e. The summed E-state index contributed by atoms with van der Waals surface area (Å²) >= 11 is 0. The number of nitrogens with zero attached hydrogens (tertiary/aromatic N) is 2. The summed E-state index contributed by atoms with van der Waals surface area (Å²) in [4.78, 5) is 8.20. The first-order valence-electron chi connectivity index (χ1n) is 6.34. The van der Waals surface area contributed by atoms with Crippen molar-refractivity contribution in [1.29, 1.82) is 0 Å². The first-order valence-corrected chi connectivity index (χ1v) is 6.34. The predicted molar refractivity (Wildman–Crippen MR) is 78.0 cm³/mol. The van der Waals surface area contributed by atoms with Crippen LogP contribution in [0.15, 0.2) is 61.2 Å². The highest BCUT2D eigenvalue weighted by Crippen LogP contribution is 2.26. The van der Waals surface area contributed by atoms with Gasteiger partial charge in [0.2, 0.25) is 0 Å². The Hall–Kier alpha value is -2.42. The van der Waals surface area contributed by atoms with Gasteiger partial charge < -0.3 is 5.32 Å². The zero-order valence-electron chi connectivity index (χ0n) is 10.7. The van der Waals surface area contributed by atoms with Gasteiger partial charge in [-0.25, -0.2) is 0 Å². The second-order valence-corrected chi connectivity index (χ2v) is 4.55. The van der Waals surface area contributed by atoms with Gasteiger partial charge in [0, 0.05) is 47.3 Å². The van der Waals surface area contributed by atoms with Gasteiger partial charge in [-0.1, -0.05) is 12.1 Å². The maximum absolute atomic E-state index is 4.16. The fourth-order valence-electron chi connectivity index (χ4n) is 2.22. The molecule has 19 heavy (non-hydrogen) atoms. The molecule has 94 valence electrons. The molecule has 0 saturated carbocycles. The van der Waals surface area contributed by atoms with Crippen LogP contribution in [-0.4, -0.2) is 9.97 Å². The molecule has 2 heterocycles. The van der Waals surface area contributed by atoms with E-state index < -0.39 is 0 Å². The van der Waals surface area contributed by atoms with Crippen molar-refractivity contribution in [3.63, 3.8) is 0 Å². The Morgan fingerprint density at radius 2 is 1.74 bits per heavy atom. The number of hydrogen-bond donors (Lipinski definition) is 1. The Morgan fingerprint density at radius 3 is 2.58 bits per heavy atom. The van der Waals surface area contributed by atoms with Crippen molar-refractivity contribution < 1.29 is 0 Å². The van der Waals surface area contributed by atoms with Crippen LogP contribution < -0.4 is 5.32 Å². The molecule has 0 aliphatic carbocycles. The summed E-state index contributed by atoms with van der Waals surface area (Å²) < 4.78 is 0. The van der Waals surface area contributed by atoms with Gasteiger partial charge in [-0.2, -0.15) is 0 Å². The van der Waals surface area contributed by atoms with Gasteiger partial charge >= 0.3 is 0 Å². The van der Waals surface area contributed by atoms with Crippen LogP contribution in [0, 0.1) is 0 Å². The summed E-state index contributed by atoms with van der Waals surface area (Å²) in [6.07, 6.45) is 7.35. The highest BCUT2D eigenvalue weighted by atomic mass is 14.9. The summed E-state index contributed by atoms with van der Waals surface area (Å²) in [6.45, 7) is 2.15. The molecule has 1 aromatic carbocycles. The van der Waals surface area contributed by atoms with Crippen molar-refractivity contribution in [2.45, 2.75) is 13.0 Å². The summed E-state index contributed by atoms with van der Waals surface area (Å²) in [6, 6.07) is 12.6. The Kier molecular flexibility index (Phi) is 3.11. The van der Waals surface area contributed by atoms with E-state index in [1.54, 1.807) is 0 Å². The molecule has 0 bridgehead atoms. The molecule has 0 saturated heterocycles. The maximum atomic E-state index is 4.16. The van der Waals surface area contributed by atoms with E-state index in [0.717, 1.165) is 11.1 Å². The topological polar surface area (TPSA) is 37.8 Å². The largest absolute Gasteiger partial charge is 0.378 e. The van der Waals surface area contributed by atoms with Crippen molar-refractivity contribution in [2.75, 3.05) is 5.32 Å². The molecular weight excluding hydrogens is 234 g/mol. The standard InChI is InChI=1S/C16H15N3/c1-12(13-5-8-17-9-6-13)19-16-4-2-3-14-11-18-10-7-15(14)16/h2-12,19H,1H3. The molecule has 1 N–H and O–H groups in total. The molecule has 3 nitrogen and oxygen atoms in total. The number of rotatable bonds is 3. The Bertz CT molecular complexity index is 674. The lowest BCUT2D eigenvalue weighted by Gasteiger charge is -2.17. The normalized spacial score (nSPS) is 12.3. The minimum absolute atomic E-state index is 0.238. The molecule has 0 aliphatic heterocycles. The highest BCUT2D eigenvalue weighted by Gasteiger charge is 2.06. The molecule has 3 aromatic rings. The average Bonchev–Trinajstić information content (AvgIpc) is 2.48. The first-order chi connectivity index (χ1) is 9.34. The first kappa shape index (κ1) is 11.7. The fourth-order valence-corrected chi connectivity index (χ4v) is 2.22. The van der Waals surface area contributed by atoms with Crippen molar-refractivity contribution in [1.82, 2.24) is 9.97 Å². The summed E-state index contributed by atoms with van der Waals surface area (Å²) in [5.74, 6) is 0. The van der Waals surface area contributed by atoms with Gasteiger partial charge in [0.05, 0.1) is 0 Å². The lowest BCUT2D eigenvalue weighted by atomic mass is 10.1. The number of nitrogens with one attached hydrogen (secondary N) is 1. The Labute approximate surface area is 112 Å². The quantitative estimate of drug-likeness (QED) is 0.767. The summed E-state index contributed by atoms with van der Waals surface area (Å²) in [7, 11) is 0. The fraction of sp³-hybridized carbons (Fsp3) is 0.125. The molecule has 1 atom stereocenters. The predicted octanol–water partition coefficient (Wildman–Crippen LogP) is 3.80. The number of fused-ring (bicyclic) bond motifs is 1. The van der Waals surface area contributed by atoms with Crippen LogP contribution in [0.2, 0.25) is 0 Å². The smallest absolute Gasteiger partial charge is 0.0486 e. The lowest BCUT2D eigenvalue weighted by molar-refractivity contribution is 0.883. The molecule has 2 aromatic heterocycles. The third kappa shape index (κ3) is 2.40. The van der Waals surface area contributed by atoms with Gasteiger partial charge in [-0.15, -0.1) is 0 Å². The molecule has 0 fully saturated rings. The molecule has 0 amide bonds. The van der Waals surface area contributed by atoms with E-state index in [1.807, 2.05) is 49.1 Å². The van der Waals surface area contributed by atoms with Crippen LogP contribution in [0.5, 0.6) is 0 Å². The third-order valence-corrected chi connectivity index (χ3v) is 3.26. The molecular formula is C16H15N3. The SMILES string of the molecule is CC(Nc1cccc2cnccc12)c1ccncc1. The number of hydrogen-bond acceptors (Lipinski definition) is 3. The molecule has 0 spiro atoms. The van der Waals surface area contributed by atoms with Crippen LogP contribution >= 0.6 is 0 Å². The molecule has 3 heteroatoms. The van der Waals surface area contributed by atoms with Crippen LogP contribution in [-0.2, 0) is 0 Å². The van der Waals surface area contributed by atoms with Crippen LogP contribution in [0.4, 0.5) is 5.69 Å². The molecule has 0 aliphatic rings. The zero-order valence-corrected chi connectivity index (χ0v) is 10.7. The second kappa shape index (κ2) is 5.06.